The molecule has 0 atom stereocenters. The zero-order valence-electron chi connectivity index (χ0n) is 9.20. The van der Waals surface area contributed by atoms with Crippen LogP contribution in [-0.4, -0.2) is 12.9 Å². The molecule has 0 amide bonds. The fourth-order valence-electron chi connectivity index (χ4n) is 1.51. The fourth-order valence-corrected chi connectivity index (χ4v) is 2.04. The summed E-state index contributed by atoms with van der Waals surface area (Å²) in [5.41, 5.74) is -0.0136. The molecule has 0 saturated carbocycles. The summed E-state index contributed by atoms with van der Waals surface area (Å²) in [5.74, 6) is -0.868. The van der Waals surface area contributed by atoms with Crippen LogP contribution in [0, 0.1) is 5.82 Å². The molecular weight excluding hydrogens is 329 g/mol. The zero-order valence-corrected chi connectivity index (χ0v) is 10.8. The van der Waals surface area contributed by atoms with Crippen molar-refractivity contribution in [1.29, 1.82) is 0 Å². The van der Waals surface area contributed by atoms with E-state index in [1.165, 1.54) is 12.1 Å². The third-order valence-electron chi connectivity index (χ3n) is 2.22. The van der Waals surface area contributed by atoms with E-state index >= 15 is 0 Å². The Kier molecular flexibility index (Phi) is 3.94. The summed E-state index contributed by atoms with van der Waals surface area (Å²) in [7, 11) is 0. The van der Waals surface area contributed by atoms with E-state index < -0.39 is 12.4 Å². The van der Waals surface area contributed by atoms with E-state index in [9.17, 15) is 18.0 Å². The molecular formula is C12H6BrF3O3. The molecule has 0 N–H and O–H groups in total. The number of carbonyl (C=O) groups excluding carboxylic acids is 1. The van der Waals surface area contributed by atoms with Gasteiger partial charge in [0.15, 0.2) is 17.8 Å². The van der Waals surface area contributed by atoms with Gasteiger partial charge >= 0.3 is 6.61 Å². The van der Waals surface area contributed by atoms with Crippen molar-refractivity contribution in [2.75, 3.05) is 0 Å². The highest BCUT2D eigenvalue weighted by molar-refractivity contribution is 9.10. The average Bonchev–Trinajstić information content (AvgIpc) is 2.80. The highest BCUT2D eigenvalue weighted by Gasteiger charge is 2.19. The lowest BCUT2D eigenvalue weighted by Crippen LogP contribution is -2.04. The molecule has 0 radical (unpaired) electrons. The van der Waals surface area contributed by atoms with Crippen molar-refractivity contribution >= 4 is 22.2 Å². The van der Waals surface area contributed by atoms with Gasteiger partial charge in [-0.3, -0.25) is 4.79 Å². The lowest BCUT2D eigenvalue weighted by atomic mass is 10.1. The Bertz CT molecular complexity index is 610. The fraction of sp³-hybridized carbons (Fsp3) is 0.0833. The molecule has 100 valence electrons. The molecule has 0 aliphatic rings. The molecule has 1 aromatic carbocycles. The standard InChI is InChI=1S/C12H6BrF3O3/c13-9-4-6(14)3-8(11(9)19-12(15)16)10-2-1-7(5-17)18-10/h1-5,12H. The molecule has 0 aliphatic heterocycles. The first kappa shape index (κ1) is 13.7. The van der Waals surface area contributed by atoms with Crippen LogP contribution in [0.1, 0.15) is 10.6 Å². The third kappa shape index (κ3) is 2.98. The topological polar surface area (TPSA) is 39.4 Å². The van der Waals surface area contributed by atoms with E-state index in [0.717, 1.165) is 12.1 Å². The molecule has 0 saturated heterocycles. The predicted octanol–water partition coefficient (Wildman–Crippen LogP) is 4.26. The number of aldehydes is 1. The minimum Gasteiger partial charge on any atom is -0.453 e. The molecule has 1 heterocycles. The first-order valence-corrected chi connectivity index (χ1v) is 5.80. The lowest BCUT2D eigenvalue weighted by molar-refractivity contribution is -0.0500. The first-order chi connectivity index (χ1) is 9.01. The normalized spacial score (nSPS) is 10.8. The van der Waals surface area contributed by atoms with Crippen LogP contribution in [-0.2, 0) is 0 Å². The van der Waals surface area contributed by atoms with Gasteiger partial charge in [0.25, 0.3) is 0 Å². The molecule has 0 bridgehead atoms. The van der Waals surface area contributed by atoms with Gasteiger partial charge in [-0.15, -0.1) is 0 Å². The van der Waals surface area contributed by atoms with Crippen LogP contribution < -0.4 is 4.74 Å². The zero-order chi connectivity index (χ0) is 14.0. The maximum Gasteiger partial charge on any atom is 0.387 e. The van der Waals surface area contributed by atoms with Gasteiger partial charge < -0.3 is 9.15 Å². The van der Waals surface area contributed by atoms with Crippen molar-refractivity contribution in [1.82, 2.24) is 0 Å². The highest BCUT2D eigenvalue weighted by atomic mass is 79.9. The molecule has 7 heteroatoms. The summed E-state index contributed by atoms with van der Waals surface area (Å²) < 4.78 is 47.4. The second kappa shape index (κ2) is 5.48. The van der Waals surface area contributed by atoms with Crippen LogP contribution in [0.15, 0.2) is 33.2 Å². The van der Waals surface area contributed by atoms with Crippen molar-refractivity contribution in [2.45, 2.75) is 6.61 Å². The monoisotopic (exact) mass is 334 g/mol. The second-order valence-electron chi connectivity index (χ2n) is 3.46. The summed E-state index contributed by atoms with van der Waals surface area (Å²) in [5, 5.41) is 0. The summed E-state index contributed by atoms with van der Waals surface area (Å²) in [6, 6.07) is 4.68. The van der Waals surface area contributed by atoms with E-state index in [1.54, 1.807) is 0 Å². The van der Waals surface area contributed by atoms with Crippen LogP contribution in [0.4, 0.5) is 13.2 Å². The third-order valence-corrected chi connectivity index (χ3v) is 2.81. The number of hydrogen-bond acceptors (Lipinski definition) is 3. The van der Waals surface area contributed by atoms with Gasteiger partial charge in [0.2, 0.25) is 0 Å². The SMILES string of the molecule is O=Cc1ccc(-c2cc(F)cc(Br)c2OC(F)F)o1. The van der Waals surface area contributed by atoms with Crippen LogP contribution in [0.3, 0.4) is 0 Å². The van der Waals surface area contributed by atoms with E-state index in [0.29, 0.717) is 6.29 Å². The lowest BCUT2D eigenvalue weighted by Gasteiger charge is -2.11. The molecule has 1 aromatic heterocycles. The number of carbonyl (C=O) groups is 1. The highest BCUT2D eigenvalue weighted by Crippen LogP contribution is 2.38. The summed E-state index contributed by atoms with van der Waals surface area (Å²) in [6.45, 7) is -3.07. The predicted molar refractivity (Wildman–Crippen MR) is 63.8 cm³/mol. The number of ether oxygens (including phenoxy) is 1. The van der Waals surface area contributed by atoms with Gasteiger partial charge in [-0.2, -0.15) is 8.78 Å². The van der Waals surface area contributed by atoms with Crippen LogP contribution >= 0.6 is 15.9 Å². The smallest absolute Gasteiger partial charge is 0.387 e. The first-order valence-electron chi connectivity index (χ1n) is 5.00. The number of alkyl halides is 2. The van der Waals surface area contributed by atoms with Gasteiger partial charge in [-0.05, 0) is 40.2 Å². The molecule has 3 nitrogen and oxygen atoms in total. The van der Waals surface area contributed by atoms with Gasteiger partial charge in [0.05, 0.1) is 10.0 Å². The Morgan fingerprint density at radius 1 is 1.32 bits per heavy atom. The van der Waals surface area contributed by atoms with Crippen molar-refractivity contribution in [3.8, 4) is 17.1 Å². The number of rotatable bonds is 4. The van der Waals surface area contributed by atoms with E-state index in [2.05, 4.69) is 20.7 Å². The van der Waals surface area contributed by atoms with E-state index in [-0.39, 0.29) is 27.3 Å². The maximum atomic E-state index is 13.3. The Labute approximate surface area is 114 Å². The minimum atomic E-state index is -3.07. The molecule has 0 spiro atoms. The van der Waals surface area contributed by atoms with Gasteiger partial charge in [-0.25, -0.2) is 4.39 Å². The van der Waals surface area contributed by atoms with Crippen molar-refractivity contribution in [3.05, 3.63) is 40.3 Å². The Hall–Kier alpha value is -1.76. The van der Waals surface area contributed by atoms with Crippen molar-refractivity contribution < 1.29 is 27.1 Å². The molecule has 2 rings (SSSR count). The summed E-state index contributed by atoms with van der Waals surface area (Å²) >= 11 is 2.94. The molecule has 0 fully saturated rings. The summed E-state index contributed by atoms with van der Waals surface area (Å²) in [6.07, 6.45) is 0.450. The van der Waals surface area contributed by atoms with E-state index in [1.807, 2.05) is 0 Å². The van der Waals surface area contributed by atoms with Gasteiger partial charge in [-0.1, -0.05) is 0 Å². The Balaban J connectivity index is 2.56. The van der Waals surface area contributed by atoms with Gasteiger partial charge in [0, 0.05) is 0 Å². The number of halogens is 4. The molecule has 0 unspecified atom stereocenters. The van der Waals surface area contributed by atoms with Gasteiger partial charge in [0.1, 0.15) is 11.6 Å². The van der Waals surface area contributed by atoms with Crippen LogP contribution in [0.25, 0.3) is 11.3 Å². The van der Waals surface area contributed by atoms with E-state index in [4.69, 9.17) is 4.42 Å². The van der Waals surface area contributed by atoms with Crippen LogP contribution in [0.2, 0.25) is 0 Å². The number of hydrogen-bond donors (Lipinski definition) is 0. The van der Waals surface area contributed by atoms with Crippen molar-refractivity contribution in [3.63, 3.8) is 0 Å². The Morgan fingerprint density at radius 2 is 2.05 bits per heavy atom. The quantitative estimate of drug-likeness (QED) is 0.784. The largest absolute Gasteiger partial charge is 0.453 e. The summed E-state index contributed by atoms with van der Waals surface area (Å²) in [4.78, 5) is 10.5. The maximum absolute atomic E-state index is 13.3. The number of benzene rings is 1. The Morgan fingerprint density at radius 3 is 2.63 bits per heavy atom. The van der Waals surface area contributed by atoms with Crippen LogP contribution in [0.5, 0.6) is 5.75 Å². The van der Waals surface area contributed by atoms with Crippen molar-refractivity contribution in [2.24, 2.45) is 0 Å². The minimum absolute atomic E-state index is 0.00150. The second-order valence-corrected chi connectivity index (χ2v) is 4.32. The molecule has 0 aliphatic carbocycles. The molecule has 2 aromatic rings. The molecule has 19 heavy (non-hydrogen) atoms. The number of furan rings is 1. The average molecular weight is 335 g/mol.